The average Bonchev–Trinajstić information content (AvgIpc) is 3.00. The molecule has 15 heteroatoms. The first-order chi connectivity index (χ1) is 21.5. The number of nitrogens with one attached hydrogen (secondary N) is 1. The lowest BCUT2D eigenvalue weighted by molar-refractivity contribution is -0.254. The van der Waals surface area contributed by atoms with Gasteiger partial charge >= 0.3 is 14.9 Å². The van der Waals surface area contributed by atoms with Crippen LogP contribution in [0.1, 0.15) is 37.6 Å². The Morgan fingerprint density at radius 3 is 2.18 bits per heavy atom. The van der Waals surface area contributed by atoms with Crippen LogP contribution in [-0.4, -0.2) is 47.2 Å². The molecule has 0 radical (unpaired) electrons. The summed E-state index contributed by atoms with van der Waals surface area (Å²) in [6.45, 7) is 7.28. The van der Waals surface area contributed by atoms with Gasteiger partial charge in [0.2, 0.25) is 5.43 Å². The summed E-state index contributed by atoms with van der Waals surface area (Å²) < 4.78 is 30.5. The van der Waals surface area contributed by atoms with E-state index in [0.29, 0.717) is 58.8 Å². The number of carboxylic acids is 1. The van der Waals surface area contributed by atoms with Crippen molar-refractivity contribution in [1.82, 2.24) is 5.32 Å². The summed E-state index contributed by atoms with van der Waals surface area (Å²) >= 11 is 13.6. The number of rotatable bonds is 13. The summed E-state index contributed by atoms with van der Waals surface area (Å²) in [4.78, 5) is 37.8. The minimum absolute atomic E-state index is 0.0539. The van der Waals surface area contributed by atoms with Gasteiger partial charge < -0.3 is 37.6 Å². The highest BCUT2D eigenvalue weighted by Crippen LogP contribution is 2.49. The topological polar surface area (TPSA) is 136 Å². The molecule has 240 valence electrons. The summed E-state index contributed by atoms with van der Waals surface area (Å²) in [5, 5.41) is 15.3. The lowest BCUT2D eigenvalue weighted by Gasteiger charge is -2.28. The first-order valence-electron chi connectivity index (χ1n) is 13.9. The predicted molar refractivity (Wildman–Crippen MR) is 184 cm³/mol. The van der Waals surface area contributed by atoms with Crippen LogP contribution < -0.4 is 20.6 Å². The number of benzene rings is 3. The number of amides is 1. The summed E-state index contributed by atoms with van der Waals surface area (Å²) in [5.41, 5.74) is 1.07. The third-order valence-corrected chi connectivity index (χ3v) is 12.4. The number of carbonyl (C=O) groups excluding carboxylic acids is 2. The van der Waals surface area contributed by atoms with Gasteiger partial charge in [0.15, 0.2) is 17.1 Å². The standard InChI is InChI=1S/C30H29Br4NO9Si/c1-4-40-45(41-5-2,42-6-3)13-9-12-35-30(39)44-28-21(32)15-19-22(16-10-7-8-11-17(16)29(37)38)18-14-20(31)25(36)23(33)26(18)43-27(19)24(28)34/h7-8,10-11,14-15H,4-6,9,12-13H2,1-3H3,(H,35,39)(H,37,38)/p-1. The smallest absolute Gasteiger partial charge is 0.500 e. The van der Waals surface area contributed by atoms with E-state index >= 15 is 0 Å². The monoisotopic (exact) mass is 890 g/mol. The summed E-state index contributed by atoms with van der Waals surface area (Å²) in [6.07, 6.45) is -0.187. The van der Waals surface area contributed by atoms with Gasteiger partial charge in [0, 0.05) is 54.5 Å². The van der Waals surface area contributed by atoms with Crippen LogP contribution in [0.2, 0.25) is 6.04 Å². The average molecular weight is 894 g/mol. The van der Waals surface area contributed by atoms with E-state index in [9.17, 15) is 19.5 Å². The Morgan fingerprint density at radius 1 is 0.911 bits per heavy atom. The van der Waals surface area contributed by atoms with Crippen LogP contribution in [0.25, 0.3) is 33.4 Å². The molecule has 0 unspecified atom stereocenters. The van der Waals surface area contributed by atoms with E-state index in [2.05, 4.69) is 69.0 Å². The second-order valence-electron chi connectivity index (χ2n) is 9.47. The molecule has 0 saturated heterocycles. The maximum atomic E-state index is 12.9. The number of hydrogen-bond donors (Lipinski definition) is 1. The zero-order chi connectivity index (χ0) is 32.9. The molecule has 1 heterocycles. The number of aromatic carboxylic acids is 1. The molecule has 1 aliphatic carbocycles. The highest BCUT2D eigenvalue weighted by atomic mass is 79.9. The fourth-order valence-corrected chi connectivity index (χ4v) is 10.1. The number of carboxylic acid groups (broad SMARTS) is 1. The molecule has 0 bridgehead atoms. The quantitative estimate of drug-likeness (QED) is 0.0822. The largest absolute Gasteiger partial charge is 0.545 e. The molecule has 0 saturated carbocycles. The number of hydrogen-bond acceptors (Lipinski definition) is 9. The van der Waals surface area contributed by atoms with Crippen molar-refractivity contribution in [3.05, 3.63) is 70.1 Å². The fraction of sp³-hybridized carbons (Fsp3) is 0.300. The molecule has 2 aromatic carbocycles. The third kappa shape index (κ3) is 7.72. The summed E-state index contributed by atoms with van der Waals surface area (Å²) in [7, 11) is -2.86. The highest BCUT2D eigenvalue weighted by Gasteiger charge is 2.39. The second kappa shape index (κ2) is 15.7. The minimum atomic E-state index is -2.86. The van der Waals surface area contributed by atoms with E-state index in [1.54, 1.807) is 30.3 Å². The number of ether oxygens (including phenoxy) is 1. The molecule has 0 spiro atoms. The van der Waals surface area contributed by atoms with Crippen molar-refractivity contribution in [2.24, 2.45) is 0 Å². The van der Waals surface area contributed by atoms with E-state index in [0.717, 1.165) is 0 Å². The first kappa shape index (κ1) is 35.7. The van der Waals surface area contributed by atoms with Crippen LogP contribution in [0.5, 0.6) is 5.75 Å². The lowest BCUT2D eigenvalue weighted by atomic mass is 9.91. The SMILES string of the molecule is CCO[Si](CCCNC(=O)Oc1c(Br)cc2c(-c3ccccc3C(=O)[O-])c3cc(Br)c(=O)c(Br)c-3oc2c1Br)(OCC)OCC. The van der Waals surface area contributed by atoms with Crippen molar-refractivity contribution >= 4 is 95.6 Å². The normalized spacial score (nSPS) is 11.7. The molecule has 0 aromatic heterocycles. The van der Waals surface area contributed by atoms with Gasteiger partial charge in [-0.2, -0.15) is 0 Å². The molecular weight excluding hydrogens is 866 g/mol. The Kier molecular flexibility index (Phi) is 12.4. The number of carbonyl (C=O) groups is 2. The van der Waals surface area contributed by atoms with Crippen molar-refractivity contribution in [1.29, 1.82) is 0 Å². The minimum Gasteiger partial charge on any atom is -0.545 e. The molecule has 10 nitrogen and oxygen atoms in total. The Morgan fingerprint density at radius 2 is 1.56 bits per heavy atom. The molecule has 2 aliphatic rings. The maximum Gasteiger partial charge on any atom is 0.500 e. The van der Waals surface area contributed by atoms with Crippen LogP contribution in [0.4, 0.5) is 4.79 Å². The van der Waals surface area contributed by atoms with Gasteiger partial charge in [-0.15, -0.1) is 0 Å². The number of halogens is 4. The van der Waals surface area contributed by atoms with E-state index in [-0.39, 0.29) is 48.0 Å². The van der Waals surface area contributed by atoms with Gasteiger partial charge in [-0.1, -0.05) is 24.3 Å². The Balaban J connectivity index is 1.73. The maximum absolute atomic E-state index is 12.9. The van der Waals surface area contributed by atoms with Gasteiger partial charge in [0.25, 0.3) is 0 Å². The van der Waals surface area contributed by atoms with Crippen LogP contribution >= 0.6 is 63.7 Å². The zero-order valence-corrected chi connectivity index (χ0v) is 31.7. The summed E-state index contributed by atoms with van der Waals surface area (Å²) in [6, 6.07) is 10.1. The third-order valence-electron chi connectivity index (χ3n) is 6.64. The molecule has 1 N–H and O–H groups in total. The van der Waals surface area contributed by atoms with Gasteiger partial charge in [-0.25, -0.2) is 4.79 Å². The molecule has 0 atom stereocenters. The lowest BCUT2D eigenvalue weighted by Crippen LogP contribution is -2.46. The highest BCUT2D eigenvalue weighted by molar-refractivity contribution is 9.11. The van der Waals surface area contributed by atoms with E-state index in [4.69, 9.17) is 22.4 Å². The van der Waals surface area contributed by atoms with E-state index in [1.807, 2.05) is 20.8 Å². The van der Waals surface area contributed by atoms with Crippen LogP contribution in [0.3, 0.4) is 0 Å². The molecule has 2 aromatic rings. The van der Waals surface area contributed by atoms with Crippen molar-refractivity contribution in [3.8, 4) is 28.2 Å². The Hall–Kier alpha value is -2.11. The summed E-state index contributed by atoms with van der Waals surface area (Å²) in [5.74, 6) is -1.09. The molecule has 1 amide bonds. The molecule has 45 heavy (non-hydrogen) atoms. The van der Waals surface area contributed by atoms with Crippen LogP contribution in [0.15, 0.2) is 63.5 Å². The van der Waals surface area contributed by atoms with Crippen LogP contribution in [-0.2, 0) is 13.3 Å². The van der Waals surface area contributed by atoms with Gasteiger partial charge in [0.05, 0.1) is 14.9 Å². The van der Waals surface area contributed by atoms with Crippen molar-refractivity contribution < 1.29 is 37.1 Å². The van der Waals surface area contributed by atoms with Gasteiger partial charge in [-0.3, -0.25) is 4.79 Å². The first-order valence-corrected chi connectivity index (χ1v) is 19.0. The number of fused-ring (bicyclic) bond motifs is 2. The van der Waals surface area contributed by atoms with Crippen molar-refractivity contribution in [2.75, 3.05) is 26.4 Å². The Labute approximate surface area is 294 Å². The fourth-order valence-electron chi connectivity index (χ4n) is 4.87. The molecule has 1 aliphatic heterocycles. The van der Waals surface area contributed by atoms with Gasteiger partial charge in [-0.05, 0) is 109 Å². The Bertz CT molecular complexity index is 1750. The molecule has 0 fully saturated rings. The second-order valence-corrected chi connectivity index (χ2v) is 15.5. The predicted octanol–water partition coefficient (Wildman–Crippen LogP) is 7.51. The van der Waals surface area contributed by atoms with Crippen molar-refractivity contribution in [2.45, 2.75) is 33.2 Å². The molecule has 4 rings (SSSR count). The van der Waals surface area contributed by atoms with Gasteiger partial charge in [0.1, 0.15) is 8.95 Å². The van der Waals surface area contributed by atoms with Crippen molar-refractivity contribution in [3.63, 3.8) is 0 Å². The molecular formula is C30H28Br4NO9Si-. The van der Waals surface area contributed by atoms with Crippen LogP contribution in [0, 0.1) is 0 Å². The van der Waals surface area contributed by atoms with E-state index in [1.165, 1.54) is 6.07 Å². The van der Waals surface area contributed by atoms with E-state index < -0.39 is 20.9 Å². The zero-order valence-electron chi connectivity index (χ0n) is 24.4.